The smallest absolute Gasteiger partial charge is 0.496 e. The SMILES string of the molecule is COc1ccccc1CCNC(=O)NCc1ccc(OC(F)(F)F)cc1. The molecule has 2 aromatic rings. The third-order valence-electron chi connectivity index (χ3n) is 3.48. The number of alkyl halides is 3. The Balaban J connectivity index is 1.73. The van der Waals surface area contributed by atoms with Crippen LogP contribution in [0.1, 0.15) is 11.1 Å². The van der Waals surface area contributed by atoms with Crippen molar-refractivity contribution in [3.8, 4) is 11.5 Å². The number of hydrogen-bond donors (Lipinski definition) is 2. The molecule has 0 aliphatic rings. The van der Waals surface area contributed by atoms with Gasteiger partial charge in [0.1, 0.15) is 11.5 Å². The molecular weight excluding hydrogens is 349 g/mol. The summed E-state index contributed by atoms with van der Waals surface area (Å²) in [6.45, 7) is 0.608. The molecule has 0 radical (unpaired) electrons. The van der Waals surface area contributed by atoms with Crippen molar-refractivity contribution in [1.82, 2.24) is 10.6 Å². The van der Waals surface area contributed by atoms with E-state index in [1.807, 2.05) is 24.3 Å². The van der Waals surface area contributed by atoms with E-state index in [4.69, 9.17) is 4.74 Å². The Morgan fingerprint density at radius 1 is 1.04 bits per heavy atom. The average molecular weight is 368 g/mol. The zero-order chi connectivity index (χ0) is 19.0. The minimum absolute atomic E-state index is 0.187. The number of ether oxygens (including phenoxy) is 2. The Morgan fingerprint density at radius 3 is 2.38 bits per heavy atom. The van der Waals surface area contributed by atoms with Crippen LogP contribution in [0.25, 0.3) is 0 Å². The van der Waals surface area contributed by atoms with Crippen molar-refractivity contribution < 1.29 is 27.4 Å². The van der Waals surface area contributed by atoms with Gasteiger partial charge in [0.15, 0.2) is 0 Å². The van der Waals surface area contributed by atoms with E-state index >= 15 is 0 Å². The molecule has 2 N–H and O–H groups in total. The molecule has 0 bridgehead atoms. The number of nitrogens with one attached hydrogen (secondary N) is 2. The molecule has 2 aromatic carbocycles. The summed E-state index contributed by atoms with van der Waals surface area (Å²) in [5, 5.41) is 5.35. The maximum atomic E-state index is 12.1. The van der Waals surface area contributed by atoms with Crippen LogP contribution in [0.5, 0.6) is 11.5 Å². The lowest BCUT2D eigenvalue weighted by Crippen LogP contribution is -2.36. The number of hydrogen-bond acceptors (Lipinski definition) is 3. The van der Waals surface area contributed by atoms with Gasteiger partial charge in [0.25, 0.3) is 0 Å². The number of urea groups is 1. The van der Waals surface area contributed by atoms with Crippen LogP contribution in [-0.4, -0.2) is 26.0 Å². The van der Waals surface area contributed by atoms with Crippen LogP contribution >= 0.6 is 0 Å². The van der Waals surface area contributed by atoms with Crippen molar-refractivity contribution in [2.24, 2.45) is 0 Å². The third kappa shape index (κ3) is 6.54. The largest absolute Gasteiger partial charge is 0.573 e. The average Bonchev–Trinajstić information content (AvgIpc) is 2.60. The Morgan fingerprint density at radius 2 is 1.73 bits per heavy atom. The van der Waals surface area contributed by atoms with Gasteiger partial charge in [-0.15, -0.1) is 13.2 Å². The fourth-order valence-electron chi connectivity index (χ4n) is 2.27. The van der Waals surface area contributed by atoms with Gasteiger partial charge in [-0.3, -0.25) is 0 Å². The number of rotatable bonds is 7. The summed E-state index contributed by atoms with van der Waals surface area (Å²) in [6, 6.07) is 12.5. The van der Waals surface area contributed by atoms with Gasteiger partial charge in [0, 0.05) is 13.1 Å². The molecule has 2 amide bonds. The second-order valence-electron chi connectivity index (χ2n) is 5.36. The van der Waals surface area contributed by atoms with Crippen LogP contribution in [0.4, 0.5) is 18.0 Å². The minimum Gasteiger partial charge on any atom is -0.496 e. The summed E-state index contributed by atoms with van der Waals surface area (Å²) in [5.41, 5.74) is 1.63. The molecule has 0 atom stereocenters. The maximum absolute atomic E-state index is 12.1. The van der Waals surface area contributed by atoms with Gasteiger partial charge < -0.3 is 20.1 Å². The summed E-state index contributed by atoms with van der Waals surface area (Å²) in [5.74, 6) is 0.457. The van der Waals surface area contributed by atoms with Crippen molar-refractivity contribution in [2.45, 2.75) is 19.3 Å². The van der Waals surface area contributed by atoms with E-state index in [1.54, 1.807) is 7.11 Å². The second-order valence-corrected chi connectivity index (χ2v) is 5.36. The predicted octanol–water partition coefficient (Wildman–Crippen LogP) is 3.64. The molecule has 0 aliphatic carbocycles. The number of halogens is 3. The van der Waals surface area contributed by atoms with E-state index in [1.165, 1.54) is 24.3 Å². The summed E-state index contributed by atoms with van der Waals surface area (Å²) in [7, 11) is 1.59. The lowest BCUT2D eigenvalue weighted by molar-refractivity contribution is -0.274. The van der Waals surface area contributed by atoms with Crippen LogP contribution in [0.2, 0.25) is 0 Å². The molecule has 0 aliphatic heterocycles. The summed E-state index contributed by atoms with van der Waals surface area (Å²) >= 11 is 0. The zero-order valence-electron chi connectivity index (χ0n) is 14.1. The molecule has 0 fully saturated rings. The van der Waals surface area contributed by atoms with E-state index in [2.05, 4.69) is 15.4 Å². The highest BCUT2D eigenvalue weighted by Gasteiger charge is 2.30. The van der Waals surface area contributed by atoms with Crippen LogP contribution in [0, 0.1) is 0 Å². The first-order chi connectivity index (χ1) is 12.4. The molecular formula is C18H19F3N2O3. The maximum Gasteiger partial charge on any atom is 0.573 e. The lowest BCUT2D eigenvalue weighted by Gasteiger charge is -2.11. The summed E-state index contributed by atoms with van der Waals surface area (Å²) < 4.78 is 45.3. The van der Waals surface area contributed by atoms with E-state index in [-0.39, 0.29) is 18.3 Å². The molecule has 0 aromatic heterocycles. The van der Waals surface area contributed by atoms with Crippen molar-refractivity contribution in [3.05, 3.63) is 59.7 Å². The highest BCUT2D eigenvalue weighted by molar-refractivity contribution is 5.73. The minimum atomic E-state index is -4.72. The quantitative estimate of drug-likeness (QED) is 0.785. The summed E-state index contributed by atoms with van der Waals surface area (Å²) in [4.78, 5) is 11.8. The number of methoxy groups -OCH3 is 1. The van der Waals surface area contributed by atoms with E-state index < -0.39 is 6.36 Å². The Bertz CT molecular complexity index is 718. The van der Waals surface area contributed by atoms with Crippen LogP contribution in [0.15, 0.2) is 48.5 Å². The second kappa shape index (κ2) is 8.98. The highest BCUT2D eigenvalue weighted by atomic mass is 19.4. The van der Waals surface area contributed by atoms with Gasteiger partial charge in [0.2, 0.25) is 0 Å². The molecule has 5 nitrogen and oxygen atoms in total. The van der Waals surface area contributed by atoms with Gasteiger partial charge in [0.05, 0.1) is 7.11 Å². The monoisotopic (exact) mass is 368 g/mol. The molecule has 0 heterocycles. The van der Waals surface area contributed by atoms with Gasteiger partial charge in [-0.1, -0.05) is 30.3 Å². The molecule has 0 saturated heterocycles. The highest BCUT2D eigenvalue weighted by Crippen LogP contribution is 2.22. The van der Waals surface area contributed by atoms with Crippen molar-refractivity contribution in [3.63, 3.8) is 0 Å². The normalized spacial score (nSPS) is 10.9. The van der Waals surface area contributed by atoms with Gasteiger partial charge in [-0.05, 0) is 35.7 Å². The van der Waals surface area contributed by atoms with Crippen LogP contribution < -0.4 is 20.1 Å². The van der Waals surface area contributed by atoms with E-state index in [9.17, 15) is 18.0 Å². The molecule has 140 valence electrons. The van der Waals surface area contributed by atoms with Gasteiger partial charge in [-0.2, -0.15) is 0 Å². The molecule has 2 rings (SSSR count). The first-order valence-corrected chi connectivity index (χ1v) is 7.85. The fourth-order valence-corrected chi connectivity index (χ4v) is 2.27. The molecule has 8 heteroatoms. The van der Waals surface area contributed by atoms with Crippen LogP contribution in [-0.2, 0) is 13.0 Å². The molecule has 0 spiro atoms. The standard InChI is InChI=1S/C18H19F3N2O3/c1-25-16-5-3-2-4-14(16)10-11-22-17(24)23-12-13-6-8-15(9-7-13)26-18(19,20)21/h2-9H,10-12H2,1H3,(H2,22,23,24). The number of amides is 2. The van der Waals surface area contributed by atoms with Crippen molar-refractivity contribution >= 4 is 6.03 Å². The first-order valence-electron chi connectivity index (χ1n) is 7.85. The number of carbonyl (C=O) groups excluding carboxylic acids is 1. The Kier molecular flexibility index (Phi) is 6.71. The zero-order valence-corrected chi connectivity index (χ0v) is 14.1. The molecule has 0 saturated carbocycles. The summed E-state index contributed by atoms with van der Waals surface area (Å²) in [6.07, 6.45) is -4.11. The molecule has 26 heavy (non-hydrogen) atoms. The van der Waals surface area contributed by atoms with E-state index in [0.717, 1.165) is 11.3 Å². The Labute approximate surface area is 149 Å². The van der Waals surface area contributed by atoms with Gasteiger partial charge >= 0.3 is 12.4 Å². The predicted molar refractivity (Wildman–Crippen MR) is 90.1 cm³/mol. The lowest BCUT2D eigenvalue weighted by atomic mass is 10.1. The van der Waals surface area contributed by atoms with Gasteiger partial charge in [-0.25, -0.2) is 4.79 Å². The van der Waals surface area contributed by atoms with Crippen molar-refractivity contribution in [2.75, 3.05) is 13.7 Å². The van der Waals surface area contributed by atoms with E-state index in [0.29, 0.717) is 18.5 Å². The Hall–Kier alpha value is -2.90. The first kappa shape index (κ1) is 19.4. The topological polar surface area (TPSA) is 59.6 Å². The number of para-hydroxylation sites is 1. The number of benzene rings is 2. The van der Waals surface area contributed by atoms with Crippen LogP contribution in [0.3, 0.4) is 0 Å². The number of carbonyl (C=O) groups is 1. The third-order valence-corrected chi connectivity index (χ3v) is 3.48. The molecule has 0 unspecified atom stereocenters. The fraction of sp³-hybridized carbons (Fsp3) is 0.278. The van der Waals surface area contributed by atoms with Crippen molar-refractivity contribution in [1.29, 1.82) is 0 Å².